The molecule has 116 valence electrons. The van der Waals surface area contributed by atoms with Crippen LogP contribution in [0.5, 0.6) is 0 Å². The van der Waals surface area contributed by atoms with E-state index in [1.165, 1.54) is 18.4 Å². The van der Waals surface area contributed by atoms with Crippen molar-refractivity contribution in [2.45, 2.75) is 24.8 Å². The van der Waals surface area contributed by atoms with E-state index in [1.807, 2.05) is 42.2 Å². The number of carbonyl (C=O) groups is 1. The minimum Gasteiger partial charge on any atom is -0.465 e. The molecule has 0 spiro atoms. The van der Waals surface area contributed by atoms with E-state index in [2.05, 4.69) is 16.5 Å². The van der Waals surface area contributed by atoms with E-state index in [0.29, 0.717) is 17.5 Å². The van der Waals surface area contributed by atoms with Gasteiger partial charge < -0.3 is 10.1 Å². The smallest absolute Gasteiger partial charge is 0.337 e. The third kappa shape index (κ3) is 3.04. The van der Waals surface area contributed by atoms with Gasteiger partial charge >= 0.3 is 5.97 Å². The molecule has 1 saturated heterocycles. The van der Waals surface area contributed by atoms with Gasteiger partial charge in [-0.3, -0.25) is 4.68 Å². The maximum atomic E-state index is 11.5. The Morgan fingerprint density at radius 2 is 2.09 bits per heavy atom. The Kier molecular flexibility index (Phi) is 4.24. The fourth-order valence-electron chi connectivity index (χ4n) is 3.06. The Morgan fingerprint density at radius 1 is 1.32 bits per heavy atom. The number of rotatable bonds is 3. The van der Waals surface area contributed by atoms with Crippen LogP contribution in [0.15, 0.2) is 36.5 Å². The van der Waals surface area contributed by atoms with Crippen LogP contribution in [-0.2, 0) is 11.8 Å². The molecule has 5 heteroatoms. The van der Waals surface area contributed by atoms with Crippen molar-refractivity contribution in [1.82, 2.24) is 15.1 Å². The van der Waals surface area contributed by atoms with Crippen LogP contribution in [-0.4, -0.2) is 29.4 Å². The molecule has 1 aliphatic heterocycles. The van der Waals surface area contributed by atoms with Gasteiger partial charge in [0.1, 0.15) is 0 Å². The molecular weight excluding hydrogens is 278 g/mol. The van der Waals surface area contributed by atoms with Crippen molar-refractivity contribution in [1.29, 1.82) is 0 Å². The largest absolute Gasteiger partial charge is 0.465 e. The Balaban J connectivity index is 1.73. The van der Waals surface area contributed by atoms with Gasteiger partial charge in [-0.2, -0.15) is 5.10 Å². The van der Waals surface area contributed by atoms with Crippen LogP contribution in [0, 0.1) is 0 Å². The minimum absolute atomic E-state index is 0.297. The van der Waals surface area contributed by atoms with Gasteiger partial charge in [-0.05, 0) is 43.1 Å². The van der Waals surface area contributed by atoms with E-state index < -0.39 is 0 Å². The predicted molar refractivity (Wildman–Crippen MR) is 83.7 cm³/mol. The summed E-state index contributed by atoms with van der Waals surface area (Å²) in [6.45, 7) is 0.977. The number of hydrogen-bond donors (Lipinski definition) is 1. The third-order valence-electron chi connectivity index (χ3n) is 4.29. The summed E-state index contributed by atoms with van der Waals surface area (Å²) in [5, 5.41) is 8.09. The highest BCUT2D eigenvalue weighted by atomic mass is 16.5. The number of methoxy groups -OCH3 is 1. The second-order valence-electron chi connectivity index (χ2n) is 5.76. The number of aryl methyl sites for hydroxylation is 1. The number of hydrogen-bond acceptors (Lipinski definition) is 4. The Labute approximate surface area is 130 Å². The summed E-state index contributed by atoms with van der Waals surface area (Å²) < 4.78 is 6.59. The lowest BCUT2D eigenvalue weighted by molar-refractivity contribution is 0.0600. The molecule has 0 radical (unpaired) electrons. The quantitative estimate of drug-likeness (QED) is 0.884. The summed E-state index contributed by atoms with van der Waals surface area (Å²) in [6, 6.07) is 10.1. The summed E-state index contributed by atoms with van der Waals surface area (Å²) in [6.07, 6.45) is 4.12. The minimum atomic E-state index is -0.297. The molecule has 22 heavy (non-hydrogen) atoms. The topological polar surface area (TPSA) is 56.2 Å². The summed E-state index contributed by atoms with van der Waals surface area (Å²) in [7, 11) is 3.35. The number of piperidine rings is 1. The molecule has 1 aliphatic rings. The van der Waals surface area contributed by atoms with Crippen molar-refractivity contribution < 1.29 is 9.53 Å². The van der Waals surface area contributed by atoms with Crippen molar-refractivity contribution in [3.05, 3.63) is 53.3 Å². The Bertz CT molecular complexity index is 648. The molecule has 0 aliphatic carbocycles. The molecule has 1 N–H and O–H groups in total. The summed E-state index contributed by atoms with van der Waals surface area (Å²) >= 11 is 0. The van der Waals surface area contributed by atoms with Gasteiger partial charge in [-0.1, -0.05) is 12.1 Å². The van der Waals surface area contributed by atoms with E-state index in [4.69, 9.17) is 4.74 Å². The molecule has 3 rings (SSSR count). The Morgan fingerprint density at radius 3 is 2.73 bits per heavy atom. The van der Waals surface area contributed by atoms with Crippen LogP contribution in [0.3, 0.4) is 0 Å². The van der Waals surface area contributed by atoms with Crippen molar-refractivity contribution in [3.63, 3.8) is 0 Å². The molecule has 0 bridgehead atoms. The van der Waals surface area contributed by atoms with Gasteiger partial charge in [0.15, 0.2) is 0 Å². The van der Waals surface area contributed by atoms with E-state index >= 15 is 0 Å². The lowest BCUT2D eigenvalue weighted by Gasteiger charge is -2.30. The van der Waals surface area contributed by atoms with Crippen molar-refractivity contribution in [2.75, 3.05) is 13.7 Å². The van der Waals surface area contributed by atoms with Crippen LogP contribution in [0.1, 0.15) is 46.4 Å². The van der Waals surface area contributed by atoms with Crippen molar-refractivity contribution >= 4 is 5.97 Å². The lowest BCUT2D eigenvalue weighted by Crippen LogP contribution is -2.31. The molecule has 5 nitrogen and oxygen atoms in total. The highest BCUT2D eigenvalue weighted by Crippen LogP contribution is 2.33. The average Bonchev–Trinajstić information content (AvgIpc) is 3.01. The van der Waals surface area contributed by atoms with Gasteiger partial charge in [0.05, 0.1) is 18.4 Å². The first-order chi connectivity index (χ1) is 10.7. The van der Waals surface area contributed by atoms with Crippen molar-refractivity contribution in [2.24, 2.45) is 7.05 Å². The molecule has 1 aromatic heterocycles. The number of benzene rings is 1. The number of aromatic nitrogens is 2. The van der Waals surface area contributed by atoms with Gasteiger partial charge in [-0.25, -0.2) is 4.79 Å². The van der Waals surface area contributed by atoms with E-state index in [1.54, 1.807) is 0 Å². The number of carbonyl (C=O) groups excluding carboxylic acids is 1. The van der Waals surface area contributed by atoms with Crippen LogP contribution >= 0.6 is 0 Å². The second-order valence-corrected chi connectivity index (χ2v) is 5.76. The van der Waals surface area contributed by atoms with Gasteiger partial charge in [0.2, 0.25) is 0 Å². The zero-order chi connectivity index (χ0) is 15.5. The van der Waals surface area contributed by atoms with Gasteiger partial charge in [-0.15, -0.1) is 0 Å². The zero-order valence-corrected chi connectivity index (χ0v) is 13.0. The number of nitrogens with one attached hydrogen (secondary N) is 1. The number of ether oxygens (including phenoxy) is 1. The zero-order valence-electron chi connectivity index (χ0n) is 13.0. The van der Waals surface area contributed by atoms with Crippen molar-refractivity contribution in [3.8, 4) is 0 Å². The first-order valence-electron chi connectivity index (χ1n) is 7.58. The first-order valence-corrected chi connectivity index (χ1v) is 7.58. The highest BCUT2D eigenvalue weighted by Gasteiger charge is 2.25. The summed E-state index contributed by atoms with van der Waals surface area (Å²) in [5.74, 6) is 0.183. The monoisotopic (exact) mass is 299 g/mol. The second kappa shape index (κ2) is 6.32. The third-order valence-corrected chi connectivity index (χ3v) is 4.29. The van der Waals surface area contributed by atoms with E-state index in [-0.39, 0.29) is 5.97 Å². The van der Waals surface area contributed by atoms with Crippen LogP contribution in [0.2, 0.25) is 0 Å². The molecule has 2 atom stereocenters. The summed E-state index contributed by atoms with van der Waals surface area (Å²) in [4.78, 5) is 11.5. The molecule has 1 aromatic carbocycles. The molecule has 2 heterocycles. The Hall–Kier alpha value is -2.14. The van der Waals surface area contributed by atoms with Gasteiger partial charge in [0, 0.05) is 25.2 Å². The highest BCUT2D eigenvalue weighted by molar-refractivity contribution is 5.89. The maximum Gasteiger partial charge on any atom is 0.337 e. The fraction of sp³-hybridized carbons (Fsp3) is 0.412. The average molecular weight is 299 g/mol. The van der Waals surface area contributed by atoms with E-state index in [0.717, 1.165) is 19.4 Å². The summed E-state index contributed by atoms with van der Waals surface area (Å²) in [5.41, 5.74) is 2.96. The molecular formula is C17H21N3O2. The molecule has 0 saturated carbocycles. The maximum absolute atomic E-state index is 11.5. The molecule has 2 aromatic rings. The molecule has 0 amide bonds. The van der Waals surface area contributed by atoms with Crippen LogP contribution < -0.4 is 5.32 Å². The molecule has 1 fully saturated rings. The fourth-order valence-corrected chi connectivity index (χ4v) is 3.06. The normalized spacial score (nSPS) is 21.5. The SMILES string of the molecule is COC(=O)c1ccc([C@@H]2CC(c3ccn(C)n3)CCN2)cc1. The lowest BCUT2D eigenvalue weighted by atomic mass is 9.86. The van der Waals surface area contributed by atoms with Crippen LogP contribution in [0.4, 0.5) is 0 Å². The standard InChI is InChI=1S/C17H21N3O2/c1-20-10-8-15(19-20)14-7-9-18-16(11-14)12-3-5-13(6-4-12)17(21)22-2/h3-6,8,10,14,16,18H,7,9,11H2,1-2H3/t14?,16-/m0/s1. The van der Waals surface area contributed by atoms with Gasteiger partial charge in [0.25, 0.3) is 0 Å². The molecule has 1 unspecified atom stereocenters. The van der Waals surface area contributed by atoms with Crippen LogP contribution in [0.25, 0.3) is 0 Å². The number of esters is 1. The predicted octanol–water partition coefficient (Wildman–Crippen LogP) is 2.42. The first kappa shape index (κ1) is 14.8. The van der Waals surface area contributed by atoms with E-state index in [9.17, 15) is 4.79 Å². The number of nitrogens with zero attached hydrogens (tertiary/aromatic N) is 2.